The number of rotatable bonds is 3. The van der Waals surface area contributed by atoms with Crippen molar-refractivity contribution in [2.75, 3.05) is 20.6 Å². The van der Waals surface area contributed by atoms with E-state index in [4.69, 9.17) is 0 Å². The van der Waals surface area contributed by atoms with Gasteiger partial charge in [0.1, 0.15) is 6.10 Å². The molecule has 1 aromatic rings. The third-order valence-electron chi connectivity index (χ3n) is 1.28. The van der Waals surface area contributed by atoms with Gasteiger partial charge in [-0.15, -0.1) is 5.10 Å². The lowest BCUT2D eigenvalue weighted by Gasteiger charge is -2.11. The molecule has 0 amide bonds. The Hall–Kier alpha value is -1.14. The lowest BCUT2D eigenvalue weighted by molar-refractivity contribution is 0.109. The molecule has 0 aliphatic heterocycles. The van der Waals surface area contributed by atoms with Crippen molar-refractivity contribution >= 4 is 0 Å². The van der Waals surface area contributed by atoms with Crippen LogP contribution in [0.2, 0.25) is 0 Å². The highest BCUT2D eigenvalue weighted by Gasteiger charge is 2.14. The zero-order chi connectivity index (χ0) is 9.14. The van der Waals surface area contributed by atoms with Crippen LogP contribution in [0.15, 0.2) is 9.21 Å². The van der Waals surface area contributed by atoms with E-state index in [0.717, 1.165) is 0 Å². The molecule has 0 aromatic carbocycles. The smallest absolute Gasteiger partial charge is 0.390 e. The molecule has 1 rings (SSSR count). The van der Waals surface area contributed by atoms with Crippen molar-refractivity contribution in [2.45, 2.75) is 6.10 Å². The summed E-state index contributed by atoms with van der Waals surface area (Å²) in [5.74, 6) is -0.628. The Labute approximate surface area is 68.8 Å². The molecular weight excluding hydrogens is 162 g/mol. The van der Waals surface area contributed by atoms with E-state index in [1.807, 2.05) is 0 Å². The van der Waals surface area contributed by atoms with Crippen LogP contribution in [-0.2, 0) is 0 Å². The number of likely N-dealkylation sites (N-methyl/N-ethyl adjacent to an activating group) is 1. The summed E-state index contributed by atoms with van der Waals surface area (Å²) in [6.45, 7) is 0.369. The summed E-state index contributed by atoms with van der Waals surface area (Å²) in [6.07, 6.45) is -0.862. The van der Waals surface area contributed by atoms with E-state index in [1.54, 1.807) is 19.0 Å². The lowest BCUT2D eigenvalue weighted by Crippen LogP contribution is -2.20. The van der Waals surface area contributed by atoms with Crippen LogP contribution in [0.25, 0.3) is 0 Å². The molecule has 0 bridgehead atoms. The van der Waals surface area contributed by atoms with Gasteiger partial charge in [0.2, 0.25) is 5.89 Å². The lowest BCUT2D eigenvalue weighted by atomic mass is 10.3. The van der Waals surface area contributed by atoms with Crippen LogP contribution in [0.1, 0.15) is 12.0 Å². The maximum Gasteiger partial charge on any atom is 0.434 e. The van der Waals surface area contributed by atoms with Crippen LogP contribution in [0.5, 0.6) is 0 Å². The molecule has 6 heteroatoms. The van der Waals surface area contributed by atoms with Crippen LogP contribution < -0.4 is 5.76 Å². The largest absolute Gasteiger partial charge is 0.434 e. The minimum Gasteiger partial charge on any atom is -0.390 e. The fourth-order valence-electron chi connectivity index (χ4n) is 0.808. The van der Waals surface area contributed by atoms with Crippen LogP contribution in [0, 0.1) is 0 Å². The molecule has 6 nitrogen and oxygen atoms in total. The monoisotopic (exact) mass is 173 g/mol. The summed E-state index contributed by atoms with van der Waals surface area (Å²) in [5, 5.41) is 14.9. The number of nitrogens with one attached hydrogen (secondary N) is 1. The normalized spacial score (nSPS) is 13.7. The summed E-state index contributed by atoms with van der Waals surface area (Å²) < 4.78 is 4.55. The molecule has 1 aromatic heterocycles. The van der Waals surface area contributed by atoms with E-state index < -0.39 is 11.9 Å². The first-order valence-corrected chi connectivity index (χ1v) is 3.48. The Morgan fingerprint density at radius 1 is 1.75 bits per heavy atom. The van der Waals surface area contributed by atoms with E-state index >= 15 is 0 Å². The highest BCUT2D eigenvalue weighted by atomic mass is 16.4. The quantitative estimate of drug-likeness (QED) is 0.610. The maximum atomic E-state index is 10.5. The topological polar surface area (TPSA) is 82.4 Å². The molecular formula is C6H11N3O3. The van der Waals surface area contributed by atoms with E-state index in [1.165, 1.54) is 0 Å². The number of nitrogens with zero attached hydrogens (tertiary/aromatic N) is 2. The van der Waals surface area contributed by atoms with E-state index in [-0.39, 0.29) is 5.89 Å². The Balaban J connectivity index is 2.65. The van der Waals surface area contributed by atoms with Crippen LogP contribution >= 0.6 is 0 Å². The van der Waals surface area contributed by atoms with Gasteiger partial charge >= 0.3 is 5.76 Å². The van der Waals surface area contributed by atoms with Gasteiger partial charge in [-0.3, -0.25) is 0 Å². The average Bonchev–Trinajstić information content (AvgIpc) is 2.34. The Kier molecular flexibility index (Phi) is 2.61. The fourth-order valence-corrected chi connectivity index (χ4v) is 0.808. The molecule has 0 fully saturated rings. The zero-order valence-corrected chi connectivity index (χ0v) is 6.94. The molecule has 12 heavy (non-hydrogen) atoms. The van der Waals surface area contributed by atoms with Crippen molar-refractivity contribution in [1.82, 2.24) is 15.1 Å². The third kappa shape index (κ3) is 2.18. The number of H-pyrrole nitrogens is 1. The summed E-state index contributed by atoms with van der Waals surface area (Å²) in [6, 6.07) is 0. The molecule has 0 aliphatic carbocycles. The van der Waals surface area contributed by atoms with Gasteiger partial charge in [-0.25, -0.2) is 9.89 Å². The minimum atomic E-state index is -0.862. The first-order valence-electron chi connectivity index (χ1n) is 3.48. The molecule has 0 spiro atoms. The van der Waals surface area contributed by atoms with Crippen molar-refractivity contribution in [3.05, 3.63) is 16.4 Å². The first-order chi connectivity index (χ1) is 5.59. The van der Waals surface area contributed by atoms with Crippen molar-refractivity contribution in [1.29, 1.82) is 0 Å². The van der Waals surface area contributed by atoms with Gasteiger partial charge in [0.15, 0.2) is 0 Å². The molecule has 1 heterocycles. The third-order valence-corrected chi connectivity index (χ3v) is 1.28. The van der Waals surface area contributed by atoms with Gasteiger partial charge in [-0.2, -0.15) is 0 Å². The Morgan fingerprint density at radius 3 is 2.83 bits per heavy atom. The second kappa shape index (κ2) is 3.51. The van der Waals surface area contributed by atoms with Crippen molar-refractivity contribution in [2.24, 2.45) is 0 Å². The summed E-state index contributed by atoms with van der Waals surface area (Å²) >= 11 is 0. The van der Waals surface area contributed by atoms with Gasteiger partial charge in [0.25, 0.3) is 0 Å². The molecule has 68 valence electrons. The minimum absolute atomic E-state index is 0.0219. The van der Waals surface area contributed by atoms with Crippen LogP contribution in [0.4, 0.5) is 0 Å². The number of hydrogen-bond acceptors (Lipinski definition) is 5. The van der Waals surface area contributed by atoms with Gasteiger partial charge in [-0.1, -0.05) is 0 Å². The molecule has 2 N–H and O–H groups in total. The summed E-state index contributed by atoms with van der Waals surface area (Å²) in [4.78, 5) is 12.2. The van der Waals surface area contributed by atoms with Gasteiger partial charge in [0, 0.05) is 6.54 Å². The standard InChI is InChI=1S/C6H11N3O3/c1-9(2)3-4(10)5-7-8-6(11)12-5/h4,10H,3H2,1-2H3,(H,8,11). The summed E-state index contributed by atoms with van der Waals surface area (Å²) in [7, 11) is 3.60. The number of aromatic nitrogens is 2. The predicted octanol–water partition coefficient (Wildman–Crippen LogP) is -1.04. The van der Waals surface area contributed by atoms with Crippen molar-refractivity contribution in [3.63, 3.8) is 0 Å². The fraction of sp³-hybridized carbons (Fsp3) is 0.667. The molecule has 0 aliphatic rings. The highest BCUT2D eigenvalue weighted by Crippen LogP contribution is 2.06. The van der Waals surface area contributed by atoms with E-state index in [2.05, 4.69) is 14.6 Å². The first kappa shape index (κ1) is 8.95. The molecule has 0 saturated heterocycles. The number of aromatic amines is 1. The molecule has 0 radical (unpaired) electrons. The zero-order valence-electron chi connectivity index (χ0n) is 6.94. The maximum absolute atomic E-state index is 10.5. The SMILES string of the molecule is CN(C)CC(O)c1n[nH]c(=O)o1. The van der Waals surface area contributed by atoms with Crippen molar-refractivity contribution < 1.29 is 9.52 Å². The van der Waals surface area contributed by atoms with Gasteiger partial charge in [0.05, 0.1) is 0 Å². The summed E-state index contributed by atoms with van der Waals surface area (Å²) in [5.41, 5.74) is 0. The second-order valence-corrected chi connectivity index (χ2v) is 2.73. The Bertz CT molecular complexity index is 290. The van der Waals surface area contributed by atoms with Gasteiger partial charge in [-0.05, 0) is 14.1 Å². The van der Waals surface area contributed by atoms with Crippen molar-refractivity contribution in [3.8, 4) is 0 Å². The Morgan fingerprint density at radius 2 is 2.42 bits per heavy atom. The number of hydrogen-bond donors (Lipinski definition) is 2. The number of aliphatic hydroxyl groups excluding tert-OH is 1. The highest BCUT2D eigenvalue weighted by molar-refractivity contribution is 4.81. The molecule has 1 atom stereocenters. The molecule has 0 saturated carbocycles. The van der Waals surface area contributed by atoms with Gasteiger partial charge < -0.3 is 14.4 Å². The van der Waals surface area contributed by atoms with Crippen LogP contribution in [-0.4, -0.2) is 40.8 Å². The second-order valence-electron chi connectivity index (χ2n) is 2.73. The predicted molar refractivity (Wildman–Crippen MR) is 40.6 cm³/mol. The van der Waals surface area contributed by atoms with Crippen LogP contribution in [0.3, 0.4) is 0 Å². The average molecular weight is 173 g/mol. The number of aliphatic hydroxyl groups is 1. The molecule has 1 unspecified atom stereocenters. The van der Waals surface area contributed by atoms with E-state index in [9.17, 15) is 9.90 Å². The van der Waals surface area contributed by atoms with E-state index in [0.29, 0.717) is 6.54 Å².